The number of aryl methyl sites for hydroxylation is 2. The molecule has 17 heavy (non-hydrogen) atoms. The van der Waals surface area contributed by atoms with Crippen molar-refractivity contribution in [2.75, 3.05) is 0 Å². The van der Waals surface area contributed by atoms with Gasteiger partial charge < -0.3 is 0 Å². The fourth-order valence-electron chi connectivity index (χ4n) is 2.77. The van der Waals surface area contributed by atoms with Gasteiger partial charge in [0.15, 0.2) is 0 Å². The zero-order chi connectivity index (χ0) is 11.2. The lowest BCUT2D eigenvalue weighted by molar-refractivity contribution is 0.659. The maximum Gasteiger partial charge on any atom is 0.147 e. The summed E-state index contributed by atoms with van der Waals surface area (Å²) in [5, 5.41) is 1.16. The van der Waals surface area contributed by atoms with Gasteiger partial charge in [-0.3, -0.25) is 4.40 Å². The van der Waals surface area contributed by atoms with Gasteiger partial charge in [0.2, 0.25) is 0 Å². The second kappa shape index (κ2) is 3.29. The number of fused-ring (bicyclic) bond motifs is 5. The highest BCUT2D eigenvalue weighted by Gasteiger charge is 2.17. The Hall–Kier alpha value is -1.90. The Labute approximate surface area is 99.1 Å². The molecule has 0 spiro atoms. The van der Waals surface area contributed by atoms with E-state index in [1.807, 2.05) is 18.5 Å². The van der Waals surface area contributed by atoms with Crippen LogP contribution in [0.2, 0.25) is 0 Å². The average molecular weight is 223 g/mol. The first-order valence-corrected chi connectivity index (χ1v) is 6.17. The van der Waals surface area contributed by atoms with E-state index in [4.69, 9.17) is 4.98 Å². The molecule has 1 aliphatic rings. The molecule has 2 heterocycles. The van der Waals surface area contributed by atoms with Crippen LogP contribution in [0.3, 0.4) is 0 Å². The molecular weight excluding hydrogens is 210 g/mol. The third kappa shape index (κ3) is 1.22. The van der Waals surface area contributed by atoms with Crippen LogP contribution in [0.15, 0.2) is 30.6 Å². The highest BCUT2D eigenvalue weighted by atomic mass is 15.1. The van der Waals surface area contributed by atoms with Crippen LogP contribution in [-0.4, -0.2) is 14.4 Å². The molecule has 0 aliphatic heterocycles. The quantitative estimate of drug-likeness (QED) is 0.586. The van der Waals surface area contributed by atoms with E-state index in [1.165, 1.54) is 24.2 Å². The van der Waals surface area contributed by atoms with Crippen molar-refractivity contribution < 1.29 is 0 Å². The molecule has 3 aromatic rings. The highest BCUT2D eigenvalue weighted by molar-refractivity contribution is 5.91. The molecule has 84 valence electrons. The lowest BCUT2D eigenvalue weighted by Crippen LogP contribution is -2.03. The summed E-state index contributed by atoms with van der Waals surface area (Å²) in [7, 11) is 0. The topological polar surface area (TPSA) is 30.2 Å². The maximum atomic E-state index is 4.80. The van der Waals surface area contributed by atoms with Gasteiger partial charge in [-0.15, -0.1) is 0 Å². The summed E-state index contributed by atoms with van der Waals surface area (Å²) in [6.45, 7) is 0. The second-order valence-corrected chi connectivity index (χ2v) is 4.67. The number of aromatic nitrogens is 3. The standard InChI is InChI=1S/C14H13N3/c1-2-6-11-10(5-1)14-16-12-7-3-4-8-13(12)17(14)9-15-11/h1-2,5-6,9H,3-4,7-8H2. The smallest absolute Gasteiger partial charge is 0.147 e. The number of rotatable bonds is 0. The summed E-state index contributed by atoms with van der Waals surface area (Å²) < 4.78 is 2.18. The van der Waals surface area contributed by atoms with E-state index >= 15 is 0 Å². The molecule has 0 saturated heterocycles. The van der Waals surface area contributed by atoms with Crippen molar-refractivity contribution in [3.63, 3.8) is 0 Å². The van der Waals surface area contributed by atoms with E-state index in [0.29, 0.717) is 0 Å². The largest absolute Gasteiger partial charge is 0.287 e. The lowest BCUT2D eigenvalue weighted by atomic mass is 10.0. The van der Waals surface area contributed by atoms with Crippen LogP contribution in [0.4, 0.5) is 0 Å². The molecule has 0 atom stereocenters. The minimum atomic E-state index is 1.03. The fourth-order valence-corrected chi connectivity index (χ4v) is 2.77. The minimum absolute atomic E-state index is 1.03. The van der Waals surface area contributed by atoms with Crippen LogP contribution >= 0.6 is 0 Å². The van der Waals surface area contributed by atoms with Gasteiger partial charge in [0.05, 0.1) is 11.2 Å². The predicted octanol–water partition coefficient (Wildman–Crippen LogP) is 2.76. The van der Waals surface area contributed by atoms with Crippen LogP contribution in [0.1, 0.15) is 24.2 Å². The Kier molecular flexibility index (Phi) is 1.78. The number of hydrogen-bond acceptors (Lipinski definition) is 2. The van der Waals surface area contributed by atoms with Gasteiger partial charge in [-0.1, -0.05) is 12.1 Å². The number of nitrogens with zero attached hydrogens (tertiary/aromatic N) is 3. The van der Waals surface area contributed by atoms with Gasteiger partial charge in [-0.2, -0.15) is 0 Å². The molecule has 0 saturated carbocycles. The second-order valence-electron chi connectivity index (χ2n) is 4.67. The van der Waals surface area contributed by atoms with E-state index in [2.05, 4.69) is 21.5 Å². The van der Waals surface area contributed by atoms with Crippen molar-refractivity contribution in [2.45, 2.75) is 25.7 Å². The predicted molar refractivity (Wildman–Crippen MR) is 67.1 cm³/mol. The number of hydrogen-bond donors (Lipinski definition) is 0. The summed E-state index contributed by atoms with van der Waals surface area (Å²) in [4.78, 5) is 9.32. The molecule has 0 fully saturated rings. The molecule has 4 rings (SSSR count). The van der Waals surface area contributed by atoms with Gasteiger partial charge in [0.25, 0.3) is 0 Å². The molecule has 1 aromatic carbocycles. The van der Waals surface area contributed by atoms with Crippen LogP contribution in [0.5, 0.6) is 0 Å². The number of para-hydroxylation sites is 1. The van der Waals surface area contributed by atoms with Crippen molar-refractivity contribution in [1.82, 2.24) is 14.4 Å². The van der Waals surface area contributed by atoms with E-state index in [0.717, 1.165) is 29.4 Å². The van der Waals surface area contributed by atoms with Gasteiger partial charge in [-0.05, 0) is 37.8 Å². The molecule has 3 nitrogen and oxygen atoms in total. The van der Waals surface area contributed by atoms with Crippen molar-refractivity contribution >= 4 is 16.6 Å². The molecule has 2 aromatic heterocycles. The van der Waals surface area contributed by atoms with Crippen LogP contribution in [0.25, 0.3) is 16.6 Å². The molecule has 0 radical (unpaired) electrons. The zero-order valence-electron chi connectivity index (χ0n) is 9.56. The first kappa shape index (κ1) is 9.16. The van der Waals surface area contributed by atoms with Crippen LogP contribution in [-0.2, 0) is 12.8 Å². The Bertz CT molecular complexity index is 712. The van der Waals surface area contributed by atoms with E-state index in [1.54, 1.807) is 0 Å². The number of benzene rings is 1. The van der Waals surface area contributed by atoms with Gasteiger partial charge in [0.1, 0.15) is 12.0 Å². The molecule has 0 amide bonds. The molecular formula is C14H13N3. The van der Waals surface area contributed by atoms with Crippen LogP contribution < -0.4 is 0 Å². The first-order valence-electron chi connectivity index (χ1n) is 6.17. The number of imidazole rings is 1. The fraction of sp³-hybridized carbons (Fsp3) is 0.286. The third-order valence-electron chi connectivity index (χ3n) is 3.63. The van der Waals surface area contributed by atoms with Gasteiger partial charge in [0, 0.05) is 11.1 Å². The van der Waals surface area contributed by atoms with E-state index in [-0.39, 0.29) is 0 Å². The maximum absolute atomic E-state index is 4.80. The summed E-state index contributed by atoms with van der Waals surface area (Å²) >= 11 is 0. The Morgan fingerprint density at radius 2 is 1.94 bits per heavy atom. The normalized spacial score (nSPS) is 15.3. The van der Waals surface area contributed by atoms with Gasteiger partial charge >= 0.3 is 0 Å². The average Bonchev–Trinajstić information content (AvgIpc) is 2.78. The Morgan fingerprint density at radius 3 is 2.94 bits per heavy atom. The molecule has 0 unspecified atom stereocenters. The highest BCUT2D eigenvalue weighted by Crippen LogP contribution is 2.25. The Balaban J connectivity index is 2.16. The zero-order valence-corrected chi connectivity index (χ0v) is 9.56. The summed E-state index contributed by atoms with van der Waals surface area (Å²) in [6.07, 6.45) is 6.71. The van der Waals surface area contributed by atoms with E-state index < -0.39 is 0 Å². The van der Waals surface area contributed by atoms with Crippen molar-refractivity contribution in [1.29, 1.82) is 0 Å². The van der Waals surface area contributed by atoms with Crippen molar-refractivity contribution in [2.24, 2.45) is 0 Å². The van der Waals surface area contributed by atoms with E-state index in [9.17, 15) is 0 Å². The molecule has 0 N–H and O–H groups in total. The first-order chi connectivity index (χ1) is 8.43. The monoisotopic (exact) mass is 223 g/mol. The third-order valence-corrected chi connectivity index (χ3v) is 3.63. The van der Waals surface area contributed by atoms with Crippen LogP contribution in [0, 0.1) is 0 Å². The van der Waals surface area contributed by atoms with Crippen molar-refractivity contribution in [3.05, 3.63) is 42.0 Å². The molecule has 1 aliphatic carbocycles. The minimum Gasteiger partial charge on any atom is -0.287 e. The lowest BCUT2D eigenvalue weighted by Gasteiger charge is -2.09. The summed E-state index contributed by atoms with van der Waals surface area (Å²) in [5.41, 5.74) is 4.74. The molecule has 0 bridgehead atoms. The van der Waals surface area contributed by atoms with Gasteiger partial charge in [-0.25, -0.2) is 9.97 Å². The Morgan fingerprint density at radius 1 is 1.06 bits per heavy atom. The summed E-state index contributed by atoms with van der Waals surface area (Å²) in [5.74, 6) is 0. The summed E-state index contributed by atoms with van der Waals surface area (Å²) in [6, 6.07) is 8.23. The SMILES string of the molecule is c1ccc2c(c1)ncn1c3c(nc21)CCCC3. The molecule has 3 heteroatoms. The van der Waals surface area contributed by atoms with Crippen molar-refractivity contribution in [3.8, 4) is 0 Å².